The summed E-state index contributed by atoms with van der Waals surface area (Å²) in [6.45, 7) is 1.72. The number of hydrogen-bond acceptors (Lipinski definition) is 3. The summed E-state index contributed by atoms with van der Waals surface area (Å²) >= 11 is 0. The molecular formula is C12H17F2N3O2. The van der Waals surface area contributed by atoms with Gasteiger partial charge in [0.1, 0.15) is 0 Å². The average Bonchev–Trinajstić information content (AvgIpc) is 2.69. The molecule has 1 amide bonds. The third-order valence-corrected chi connectivity index (χ3v) is 3.16. The Morgan fingerprint density at radius 2 is 2.37 bits per heavy atom. The molecule has 2 rings (SSSR count). The number of nitrogens with one attached hydrogen (secondary N) is 1. The van der Waals surface area contributed by atoms with Crippen molar-refractivity contribution >= 4 is 6.03 Å². The van der Waals surface area contributed by atoms with E-state index in [1.165, 1.54) is 17.9 Å². The van der Waals surface area contributed by atoms with E-state index in [1.54, 1.807) is 6.92 Å². The van der Waals surface area contributed by atoms with Crippen LogP contribution in [0.15, 0.2) is 6.20 Å². The van der Waals surface area contributed by atoms with Gasteiger partial charge in [0.15, 0.2) is 0 Å². The molecule has 1 N–H and O–H groups in total. The van der Waals surface area contributed by atoms with Crippen LogP contribution in [0.2, 0.25) is 0 Å². The van der Waals surface area contributed by atoms with Crippen LogP contribution in [-0.2, 0) is 0 Å². The molecule has 1 aromatic rings. The topological polar surface area (TPSA) is 56.2 Å². The van der Waals surface area contributed by atoms with Gasteiger partial charge in [-0.25, -0.2) is 23.1 Å². The van der Waals surface area contributed by atoms with Crippen molar-refractivity contribution in [3.05, 3.63) is 11.9 Å². The quantitative estimate of drug-likeness (QED) is 0.899. The number of nitrogens with zero attached hydrogens (tertiary/aromatic N) is 2. The van der Waals surface area contributed by atoms with E-state index in [0.717, 1.165) is 0 Å². The Morgan fingerprint density at radius 1 is 1.63 bits per heavy atom. The lowest BCUT2D eigenvalue weighted by Gasteiger charge is -2.29. The smallest absolute Gasteiger partial charge is 0.329 e. The van der Waals surface area contributed by atoms with Crippen LogP contribution < -0.4 is 10.1 Å². The maximum atomic E-state index is 13.3. The maximum absolute atomic E-state index is 13.3. The van der Waals surface area contributed by atoms with Gasteiger partial charge in [-0.05, 0) is 19.8 Å². The Morgan fingerprint density at radius 3 is 3.00 bits per heavy atom. The molecular weight excluding hydrogens is 256 g/mol. The van der Waals surface area contributed by atoms with Crippen molar-refractivity contribution in [2.45, 2.75) is 44.6 Å². The molecule has 0 saturated heterocycles. The minimum Gasteiger partial charge on any atom is -0.468 e. The largest absolute Gasteiger partial charge is 0.468 e. The van der Waals surface area contributed by atoms with E-state index in [4.69, 9.17) is 4.74 Å². The standard InChI is InChI=1S/C12H17F2N3O2/c1-8-7-17(11(15-8)19-2)10(18)16-9-4-3-5-12(13,14)6-9/h7,9H,3-6H2,1-2H3,(H,16,18). The van der Waals surface area contributed by atoms with Gasteiger partial charge in [0.25, 0.3) is 0 Å². The number of hydrogen-bond donors (Lipinski definition) is 1. The van der Waals surface area contributed by atoms with Gasteiger partial charge in [0.05, 0.1) is 12.8 Å². The van der Waals surface area contributed by atoms with E-state index in [9.17, 15) is 13.6 Å². The summed E-state index contributed by atoms with van der Waals surface area (Å²) in [6, 6.07) is -0.846. The molecule has 1 aliphatic carbocycles. The van der Waals surface area contributed by atoms with E-state index in [-0.39, 0.29) is 18.9 Å². The molecule has 0 bridgehead atoms. The number of rotatable bonds is 2. The lowest BCUT2D eigenvalue weighted by Crippen LogP contribution is -2.43. The molecule has 0 spiro atoms. The van der Waals surface area contributed by atoms with Crippen LogP contribution in [0.25, 0.3) is 0 Å². The normalized spacial score (nSPS) is 22.0. The predicted molar refractivity (Wildman–Crippen MR) is 64.6 cm³/mol. The van der Waals surface area contributed by atoms with Crippen LogP contribution in [0.5, 0.6) is 6.01 Å². The first-order chi connectivity index (χ1) is 8.91. The second-order valence-corrected chi connectivity index (χ2v) is 4.84. The number of aryl methyl sites for hydroxylation is 1. The Hall–Kier alpha value is -1.66. The Bertz CT molecular complexity index is 474. The first-order valence-corrected chi connectivity index (χ1v) is 6.20. The molecule has 1 atom stereocenters. The Balaban J connectivity index is 2.04. The minimum absolute atomic E-state index is 0.104. The van der Waals surface area contributed by atoms with Crippen molar-refractivity contribution in [1.82, 2.24) is 14.9 Å². The van der Waals surface area contributed by atoms with Crippen molar-refractivity contribution in [2.75, 3.05) is 7.11 Å². The van der Waals surface area contributed by atoms with Gasteiger partial charge in [-0.1, -0.05) is 0 Å². The zero-order valence-electron chi connectivity index (χ0n) is 10.9. The third kappa shape index (κ3) is 3.21. The SMILES string of the molecule is COc1nc(C)cn1C(=O)NC1CCCC(F)(F)C1. The fraction of sp³-hybridized carbons (Fsp3) is 0.667. The van der Waals surface area contributed by atoms with Crippen molar-refractivity contribution < 1.29 is 18.3 Å². The minimum atomic E-state index is -2.69. The van der Waals surface area contributed by atoms with E-state index in [1.807, 2.05) is 0 Å². The molecule has 5 nitrogen and oxygen atoms in total. The van der Waals surface area contributed by atoms with Gasteiger partial charge >= 0.3 is 12.0 Å². The number of ether oxygens (including phenoxy) is 1. The molecule has 1 aliphatic rings. The summed E-state index contributed by atoms with van der Waals surface area (Å²) in [6.07, 6.45) is 2.08. The van der Waals surface area contributed by atoms with Crippen molar-refractivity contribution in [3.8, 4) is 6.01 Å². The Kier molecular flexibility index (Phi) is 3.73. The lowest BCUT2D eigenvalue weighted by molar-refractivity contribution is -0.0425. The molecule has 7 heteroatoms. The summed E-state index contributed by atoms with van der Waals surface area (Å²) in [5.41, 5.74) is 0.626. The molecule has 1 heterocycles. The second-order valence-electron chi connectivity index (χ2n) is 4.84. The number of carbonyl (C=O) groups excluding carboxylic acids is 1. The molecule has 0 aliphatic heterocycles. The molecule has 19 heavy (non-hydrogen) atoms. The van der Waals surface area contributed by atoms with Gasteiger partial charge in [-0.15, -0.1) is 0 Å². The summed E-state index contributed by atoms with van der Waals surface area (Å²) in [5, 5.41) is 2.60. The highest BCUT2D eigenvalue weighted by molar-refractivity contribution is 5.78. The number of imidazole rings is 1. The van der Waals surface area contributed by atoms with Crippen LogP contribution >= 0.6 is 0 Å². The molecule has 1 saturated carbocycles. The summed E-state index contributed by atoms with van der Waals surface area (Å²) < 4.78 is 32.7. The number of amides is 1. The van der Waals surface area contributed by atoms with E-state index in [2.05, 4.69) is 10.3 Å². The number of alkyl halides is 2. The molecule has 1 aromatic heterocycles. The second kappa shape index (κ2) is 5.14. The zero-order chi connectivity index (χ0) is 14.0. The molecule has 1 unspecified atom stereocenters. The van der Waals surface area contributed by atoms with E-state index < -0.39 is 18.0 Å². The van der Waals surface area contributed by atoms with Crippen molar-refractivity contribution in [2.24, 2.45) is 0 Å². The first-order valence-electron chi connectivity index (χ1n) is 6.20. The van der Waals surface area contributed by atoms with Crippen LogP contribution in [-0.4, -0.2) is 34.7 Å². The third-order valence-electron chi connectivity index (χ3n) is 3.16. The summed E-state index contributed by atoms with van der Waals surface area (Å²) in [5.74, 6) is -2.69. The van der Waals surface area contributed by atoms with Crippen LogP contribution in [0.4, 0.5) is 13.6 Å². The lowest BCUT2D eigenvalue weighted by atomic mass is 9.92. The number of aromatic nitrogens is 2. The van der Waals surface area contributed by atoms with E-state index in [0.29, 0.717) is 18.5 Å². The highest BCUT2D eigenvalue weighted by atomic mass is 19.3. The first kappa shape index (κ1) is 13.8. The predicted octanol–water partition coefficient (Wildman–Crippen LogP) is 2.34. The monoisotopic (exact) mass is 273 g/mol. The maximum Gasteiger partial charge on any atom is 0.329 e. The Labute approximate surface area is 110 Å². The zero-order valence-corrected chi connectivity index (χ0v) is 10.9. The number of methoxy groups -OCH3 is 1. The van der Waals surface area contributed by atoms with Gasteiger partial charge < -0.3 is 10.1 Å². The number of halogens is 2. The molecule has 106 valence electrons. The fourth-order valence-electron chi connectivity index (χ4n) is 2.30. The van der Waals surface area contributed by atoms with Gasteiger partial charge in [-0.2, -0.15) is 0 Å². The highest BCUT2D eigenvalue weighted by Crippen LogP contribution is 2.33. The average molecular weight is 273 g/mol. The summed E-state index contributed by atoms with van der Waals surface area (Å²) in [7, 11) is 1.40. The van der Waals surface area contributed by atoms with Gasteiger partial charge in [-0.3, -0.25) is 0 Å². The van der Waals surface area contributed by atoms with Crippen LogP contribution in [0, 0.1) is 6.92 Å². The van der Waals surface area contributed by atoms with Crippen LogP contribution in [0.3, 0.4) is 0 Å². The van der Waals surface area contributed by atoms with E-state index >= 15 is 0 Å². The molecule has 1 fully saturated rings. The highest BCUT2D eigenvalue weighted by Gasteiger charge is 2.37. The summed E-state index contributed by atoms with van der Waals surface area (Å²) in [4.78, 5) is 16.0. The van der Waals surface area contributed by atoms with Crippen molar-refractivity contribution in [1.29, 1.82) is 0 Å². The van der Waals surface area contributed by atoms with Gasteiger partial charge in [0, 0.05) is 25.1 Å². The molecule has 0 radical (unpaired) electrons. The molecule has 0 aromatic carbocycles. The van der Waals surface area contributed by atoms with Crippen molar-refractivity contribution in [3.63, 3.8) is 0 Å². The number of carbonyl (C=O) groups is 1. The van der Waals surface area contributed by atoms with Crippen LogP contribution in [0.1, 0.15) is 31.4 Å². The fourth-order valence-corrected chi connectivity index (χ4v) is 2.30. The van der Waals surface area contributed by atoms with Gasteiger partial charge in [0.2, 0.25) is 5.92 Å².